The summed E-state index contributed by atoms with van der Waals surface area (Å²) in [6.07, 6.45) is 4.72. The van der Waals surface area contributed by atoms with E-state index in [9.17, 15) is 9.59 Å². The molecule has 0 aromatic carbocycles. The standard InChI is InChI=1S/C13H22N2O3/c1-10(9-18-2)15-8-11(16)14-13(12(15)17)6-4-3-5-7-13/h10H,3-9H2,1-2H3,(H,14,16). The fraction of sp³-hybridized carbons (Fsp3) is 0.846. The number of hydrogen-bond acceptors (Lipinski definition) is 3. The lowest BCUT2D eigenvalue weighted by Gasteiger charge is -2.45. The number of amides is 2. The van der Waals surface area contributed by atoms with Crippen LogP contribution in [0.5, 0.6) is 0 Å². The number of piperazine rings is 1. The van der Waals surface area contributed by atoms with Crippen LogP contribution in [0, 0.1) is 0 Å². The minimum Gasteiger partial charge on any atom is -0.383 e. The molecule has 18 heavy (non-hydrogen) atoms. The molecule has 1 spiro atoms. The summed E-state index contributed by atoms with van der Waals surface area (Å²) in [7, 11) is 1.61. The Morgan fingerprint density at radius 3 is 2.61 bits per heavy atom. The molecule has 2 rings (SSSR count). The van der Waals surface area contributed by atoms with Crippen molar-refractivity contribution in [3.63, 3.8) is 0 Å². The molecule has 1 saturated heterocycles. The lowest BCUT2D eigenvalue weighted by atomic mass is 9.79. The molecule has 102 valence electrons. The molecule has 0 aromatic rings. The molecule has 0 bridgehead atoms. The van der Waals surface area contributed by atoms with Crippen LogP contribution in [0.15, 0.2) is 0 Å². The summed E-state index contributed by atoms with van der Waals surface area (Å²) in [6.45, 7) is 2.55. The molecule has 1 unspecified atom stereocenters. The predicted octanol–water partition coefficient (Wildman–Crippen LogP) is 0.683. The van der Waals surface area contributed by atoms with Gasteiger partial charge in [-0.3, -0.25) is 9.59 Å². The number of carbonyl (C=O) groups is 2. The number of nitrogens with zero attached hydrogens (tertiary/aromatic N) is 1. The highest BCUT2D eigenvalue weighted by atomic mass is 16.5. The molecule has 0 aromatic heterocycles. The molecule has 1 aliphatic carbocycles. The molecule has 0 radical (unpaired) electrons. The number of hydrogen-bond donors (Lipinski definition) is 1. The number of methoxy groups -OCH3 is 1. The minimum absolute atomic E-state index is 0.0422. The second-order valence-electron chi connectivity index (χ2n) is 5.43. The van der Waals surface area contributed by atoms with Gasteiger partial charge >= 0.3 is 0 Å². The highest BCUT2D eigenvalue weighted by Crippen LogP contribution is 2.32. The maximum Gasteiger partial charge on any atom is 0.249 e. The van der Waals surface area contributed by atoms with Crippen LogP contribution in [0.2, 0.25) is 0 Å². The minimum atomic E-state index is -0.629. The SMILES string of the molecule is COCC(C)N1CC(=O)NC2(CCCCC2)C1=O. The van der Waals surface area contributed by atoms with Crippen LogP contribution in [0.4, 0.5) is 0 Å². The van der Waals surface area contributed by atoms with Crippen molar-refractivity contribution in [2.75, 3.05) is 20.3 Å². The smallest absolute Gasteiger partial charge is 0.249 e. The lowest BCUT2D eigenvalue weighted by Crippen LogP contribution is -2.68. The number of carbonyl (C=O) groups excluding carboxylic acids is 2. The zero-order valence-corrected chi connectivity index (χ0v) is 11.2. The van der Waals surface area contributed by atoms with Crippen LogP contribution in [-0.2, 0) is 14.3 Å². The predicted molar refractivity (Wildman–Crippen MR) is 67.0 cm³/mol. The molecule has 1 N–H and O–H groups in total. The van der Waals surface area contributed by atoms with Gasteiger partial charge in [0, 0.05) is 7.11 Å². The average molecular weight is 254 g/mol. The van der Waals surface area contributed by atoms with Gasteiger partial charge in [-0.05, 0) is 19.8 Å². The van der Waals surface area contributed by atoms with Crippen LogP contribution in [-0.4, -0.2) is 48.6 Å². The summed E-state index contributed by atoms with van der Waals surface area (Å²) in [5, 5.41) is 2.94. The maximum absolute atomic E-state index is 12.6. The van der Waals surface area contributed by atoms with Crippen molar-refractivity contribution in [2.45, 2.75) is 50.6 Å². The Kier molecular flexibility index (Phi) is 3.90. The van der Waals surface area contributed by atoms with E-state index in [0.29, 0.717) is 6.61 Å². The average Bonchev–Trinajstić information content (AvgIpc) is 2.35. The first-order valence-electron chi connectivity index (χ1n) is 6.70. The van der Waals surface area contributed by atoms with Crippen molar-refractivity contribution in [2.24, 2.45) is 0 Å². The summed E-state index contributed by atoms with van der Waals surface area (Å²) in [6, 6.07) is -0.0487. The van der Waals surface area contributed by atoms with Crippen molar-refractivity contribution < 1.29 is 14.3 Å². The normalized spacial score (nSPS) is 25.1. The Bertz CT molecular complexity index is 337. The Morgan fingerprint density at radius 1 is 1.33 bits per heavy atom. The van der Waals surface area contributed by atoms with E-state index in [0.717, 1.165) is 32.1 Å². The van der Waals surface area contributed by atoms with Crippen molar-refractivity contribution in [1.82, 2.24) is 10.2 Å². The fourth-order valence-corrected chi connectivity index (χ4v) is 3.04. The van der Waals surface area contributed by atoms with E-state index in [4.69, 9.17) is 4.74 Å². The van der Waals surface area contributed by atoms with E-state index < -0.39 is 5.54 Å². The largest absolute Gasteiger partial charge is 0.383 e. The van der Waals surface area contributed by atoms with Gasteiger partial charge < -0.3 is 15.0 Å². The highest BCUT2D eigenvalue weighted by molar-refractivity contribution is 5.98. The van der Waals surface area contributed by atoms with Gasteiger partial charge in [-0.1, -0.05) is 19.3 Å². The van der Waals surface area contributed by atoms with E-state index in [1.54, 1.807) is 12.0 Å². The molecule has 2 aliphatic rings. The van der Waals surface area contributed by atoms with E-state index in [1.807, 2.05) is 6.92 Å². The summed E-state index contributed by atoms with van der Waals surface area (Å²) >= 11 is 0. The van der Waals surface area contributed by atoms with Crippen LogP contribution in [0.25, 0.3) is 0 Å². The van der Waals surface area contributed by atoms with Gasteiger partial charge in [-0.25, -0.2) is 0 Å². The first-order valence-corrected chi connectivity index (χ1v) is 6.70. The molecule has 5 nitrogen and oxygen atoms in total. The van der Waals surface area contributed by atoms with Gasteiger partial charge in [0.05, 0.1) is 19.2 Å². The monoisotopic (exact) mass is 254 g/mol. The molecule has 2 fully saturated rings. The summed E-state index contributed by atoms with van der Waals surface area (Å²) in [5.41, 5.74) is -0.629. The van der Waals surface area contributed by atoms with Crippen molar-refractivity contribution in [3.05, 3.63) is 0 Å². The summed E-state index contributed by atoms with van der Waals surface area (Å²) in [5.74, 6) is 0.0332. The lowest BCUT2D eigenvalue weighted by molar-refractivity contribution is -0.154. The van der Waals surface area contributed by atoms with Gasteiger partial charge in [-0.2, -0.15) is 0 Å². The Labute approximate surface area is 108 Å². The Morgan fingerprint density at radius 2 is 2.00 bits per heavy atom. The Hall–Kier alpha value is -1.10. The molecule has 1 atom stereocenters. The van der Waals surface area contributed by atoms with E-state index in [1.165, 1.54) is 0 Å². The Balaban J connectivity index is 2.17. The summed E-state index contributed by atoms with van der Waals surface area (Å²) in [4.78, 5) is 26.1. The molecular weight excluding hydrogens is 232 g/mol. The third-order valence-electron chi connectivity index (χ3n) is 4.01. The zero-order valence-electron chi connectivity index (χ0n) is 11.2. The molecule has 1 aliphatic heterocycles. The molecule has 5 heteroatoms. The second-order valence-corrected chi connectivity index (χ2v) is 5.43. The molecule has 2 amide bonds. The van der Waals surface area contributed by atoms with Crippen LogP contribution in [0.1, 0.15) is 39.0 Å². The van der Waals surface area contributed by atoms with E-state index >= 15 is 0 Å². The van der Waals surface area contributed by atoms with Crippen molar-refractivity contribution in [1.29, 1.82) is 0 Å². The van der Waals surface area contributed by atoms with E-state index in [-0.39, 0.29) is 24.4 Å². The van der Waals surface area contributed by atoms with Crippen LogP contribution >= 0.6 is 0 Å². The van der Waals surface area contributed by atoms with Crippen molar-refractivity contribution >= 4 is 11.8 Å². The maximum atomic E-state index is 12.6. The van der Waals surface area contributed by atoms with Gasteiger partial charge in [0.15, 0.2) is 0 Å². The van der Waals surface area contributed by atoms with E-state index in [2.05, 4.69) is 5.32 Å². The zero-order chi connectivity index (χ0) is 13.2. The number of rotatable bonds is 3. The van der Waals surface area contributed by atoms with Gasteiger partial charge in [-0.15, -0.1) is 0 Å². The van der Waals surface area contributed by atoms with Gasteiger partial charge in [0.1, 0.15) is 5.54 Å². The third-order valence-corrected chi connectivity index (χ3v) is 4.01. The highest BCUT2D eigenvalue weighted by Gasteiger charge is 2.47. The first-order chi connectivity index (χ1) is 8.59. The topological polar surface area (TPSA) is 58.6 Å². The van der Waals surface area contributed by atoms with Gasteiger partial charge in [0.25, 0.3) is 0 Å². The summed E-state index contributed by atoms with van der Waals surface area (Å²) < 4.78 is 5.09. The number of nitrogens with one attached hydrogen (secondary N) is 1. The second kappa shape index (κ2) is 5.26. The fourth-order valence-electron chi connectivity index (χ4n) is 3.04. The first kappa shape index (κ1) is 13.3. The van der Waals surface area contributed by atoms with Gasteiger partial charge in [0.2, 0.25) is 11.8 Å². The van der Waals surface area contributed by atoms with Crippen LogP contribution < -0.4 is 5.32 Å². The number of ether oxygens (including phenoxy) is 1. The molecular formula is C13H22N2O3. The quantitative estimate of drug-likeness (QED) is 0.806. The molecule has 1 saturated carbocycles. The van der Waals surface area contributed by atoms with Crippen molar-refractivity contribution in [3.8, 4) is 0 Å². The third kappa shape index (κ3) is 2.36. The van der Waals surface area contributed by atoms with Crippen LogP contribution in [0.3, 0.4) is 0 Å². The molecule has 1 heterocycles.